The monoisotopic (exact) mass is 395 g/mol. The molecule has 29 heavy (non-hydrogen) atoms. The Hall–Kier alpha value is -3.12. The number of quaternary nitrogens is 1. The Balaban J connectivity index is 1.75. The van der Waals surface area contributed by atoms with Crippen molar-refractivity contribution in [1.82, 2.24) is 0 Å². The first-order valence-corrected chi connectivity index (χ1v) is 9.56. The number of ether oxygens (including phenoxy) is 1. The Morgan fingerprint density at radius 2 is 1.79 bits per heavy atom. The second kappa shape index (κ2) is 8.49. The Labute approximate surface area is 170 Å². The van der Waals surface area contributed by atoms with Crippen LogP contribution >= 0.6 is 0 Å². The molecule has 0 radical (unpaired) electrons. The molecule has 152 valence electrons. The number of fused-ring (bicyclic) bond motifs is 1. The van der Waals surface area contributed by atoms with Crippen LogP contribution in [0.25, 0.3) is 11.0 Å². The van der Waals surface area contributed by atoms with E-state index in [0.29, 0.717) is 17.9 Å². The van der Waals surface area contributed by atoms with Gasteiger partial charge in [0, 0.05) is 28.8 Å². The van der Waals surface area contributed by atoms with E-state index in [1.54, 1.807) is 13.2 Å². The molecule has 0 aliphatic carbocycles. The van der Waals surface area contributed by atoms with Crippen LogP contribution in [0.1, 0.15) is 22.3 Å². The zero-order valence-electron chi connectivity index (χ0n) is 17.5. The number of nitrogens with one attached hydrogen (secondary N) is 2. The highest BCUT2D eigenvalue weighted by molar-refractivity contribution is 5.93. The standard InChI is InChI=1S/C23H26N2O4/c1-14-8-15(2)23(16(3)9-14)24-21(26)13-25(4)12-17-10-22(27)29-20-11-18(28-5)6-7-19(17)20/h6-11H,12-13H2,1-5H3,(H,24,26)/p+1. The van der Waals surface area contributed by atoms with Gasteiger partial charge in [-0.05, 0) is 44.0 Å². The summed E-state index contributed by atoms with van der Waals surface area (Å²) in [5.41, 5.74) is 5.05. The minimum Gasteiger partial charge on any atom is -0.497 e. The number of carbonyl (C=O) groups excluding carboxylic acids is 1. The van der Waals surface area contributed by atoms with Crippen molar-refractivity contribution in [2.45, 2.75) is 27.3 Å². The lowest BCUT2D eigenvalue weighted by Crippen LogP contribution is -3.08. The quantitative estimate of drug-likeness (QED) is 0.629. The normalized spacial score (nSPS) is 12.0. The lowest BCUT2D eigenvalue weighted by atomic mass is 10.1. The van der Waals surface area contributed by atoms with Gasteiger partial charge in [0.25, 0.3) is 5.91 Å². The number of hydrogen-bond acceptors (Lipinski definition) is 4. The average Bonchev–Trinajstić information content (AvgIpc) is 2.63. The summed E-state index contributed by atoms with van der Waals surface area (Å²) < 4.78 is 10.5. The highest BCUT2D eigenvalue weighted by Crippen LogP contribution is 2.23. The second-order valence-electron chi connectivity index (χ2n) is 7.59. The van der Waals surface area contributed by atoms with Gasteiger partial charge in [0.1, 0.15) is 17.9 Å². The van der Waals surface area contributed by atoms with Gasteiger partial charge in [-0.25, -0.2) is 4.79 Å². The van der Waals surface area contributed by atoms with E-state index in [2.05, 4.69) is 17.4 Å². The van der Waals surface area contributed by atoms with E-state index in [4.69, 9.17) is 9.15 Å². The number of benzene rings is 2. The number of methoxy groups -OCH3 is 1. The van der Waals surface area contributed by atoms with Gasteiger partial charge in [-0.1, -0.05) is 17.7 Å². The first-order valence-electron chi connectivity index (χ1n) is 9.56. The molecule has 2 aromatic carbocycles. The Morgan fingerprint density at radius 1 is 1.10 bits per heavy atom. The first-order chi connectivity index (χ1) is 13.8. The lowest BCUT2D eigenvalue weighted by molar-refractivity contribution is -0.885. The molecular formula is C23H27N2O4+. The van der Waals surface area contributed by atoms with Crippen molar-refractivity contribution in [3.05, 3.63) is 69.1 Å². The number of likely N-dealkylation sites (N-methyl/N-ethyl adjacent to an activating group) is 1. The summed E-state index contributed by atoms with van der Waals surface area (Å²) in [7, 11) is 3.50. The lowest BCUT2D eigenvalue weighted by Gasteiger charge is -2.17. The molecule has 2 N–H and O–H groups in total. The van der Waals surface area contributed by atoms with Crippen LogP contribution in [0.2, 0.25) is 0 Å². The number of rotatable bonds is 6. The van der Waals surface area contributed by atoms with Crippen molar-refractivity contribution in [3.63, 3.8) is 0 Å². The van der Waals surface area contributed by atoms with Crippen molar-refractivity contribution in [3.8, 4) is 5.75 Å². The SMILES string of the molecule is COc1ccc2c(C[NH+](C)CC(=O)Nc3c(C)cc(C)cc3C)cc(=O)oc2c1. The summed E-state index contributed by atoms with van der Waals surface area (Å²) in [5, 5.41) is 3.87. The average molecular weight is 395 g/mol. The summed E-state index contributed by atoms with van der Waals surface area (Å²) in [5.74, 6) is 0.563. The second-order valence-corrected chi connectivity index (χ2v) is 7.59. The van der Waals surface area contributed by atoms with E-state index >= 15 is 0 Å². The zero-order valence-corrected chi connectivity index (χ0v) is 17.5. The Bertz CT molecular complexity index is 1090. The third kappa shape index (κ3) is 4.84. The summed E-state index contributed by atoms with van der Waals surface area (Å²) in [4.78, 5) is 25.5. The summed E-state index contributed by atoms with van der Waals surface area (Å²) in [6, 6.07) is 11.0. The van der Waals surface area contributed by atoms with Crippen LogP contribution in [0.5, 0.6) is 5.75 Å². The Kier molecular flexibility index (Phi) is 6.03. The van der Waals surface area contributed by atoms with Crippen LogP contribution in [0, 0.1) is 20.8 Å². The molecule has 0 aliphatic heterocycles. The maximum absolute atomic E-state index is 12.6. The number of aryl methyl sites for hydroxylation is 3. The van der Waals surface area contributed by atoms with Crippen molar-refractivity contribution in [2.75, 3.05) is 26.0 Å². The molecule has 1 aromatic heterocycles. The smallest absolute Gasteiger partial charge is 0.336 e. The fourth-order valence-electron chi connectivity index (χ4n) is 3.71. The van der Waals surface area contributed by atoms with Gasteiger partial charge < -0.3 is 19.4 Å². The molecule has 0 saturated carbocycles. The third-order valence-electron chi connectivity index (χ3n) is 4.93. The van der Waals surface area contributed by atoms with Gasteiger partial charge in [-0.2, -0.15) is 0 Å². The molecule has 0 saturated heterocycles. The van der Waals surface area contributed by atoms with Gasteiger partial charge in [0.05, 0.1) is 14.2 Å². The summed E-state index contributed by atoms with van der Waals surface area (Å²) >= 11 is 0. The first kappa shape index (κ1) is 20.6. The highest BCUT2D eigenvalue weighted by atomic mass is 16.5. The van der Waals surface area contributed by atoms with Gasteiger partial charge in [0.2, 0.25) is 0 Å². The number of carbonyl (C=O) groups is 1. The fraction of sp³-hybridized carbons (Fsp3) is 0.304. The van der Waals surface area contributed by atoms with E-state index in [-0.39, 0.29) is 12.5 Å². The van der Waals surface area contributed by atoms with Crippen LogP contribution < -0.4 is 20.6 Å². The molecule has 1 atom stereocenters. The molecule has 1 unspecified atom stereocenters. The zero-order chi connectivity index (χ0) is 21.1. The van der Waals surface area contributed by atoms with Crippen molar-refractivity contribution < 1.29 is 18.8 Å². The van der Waals surface area contributed by atoms with Gasteiger partial charge in [-0.15, -0.1) is 0 Å². The maximum atomic E-state index is 12.6. The molecule has 6 heteroatoms. The van der Waals surface area contributed by atoms with Gasteiger partial charge >= 0.3 is 5.63 Å². The number of hydrogen-bond donors (Lipinski definition) is 2. The molecule has 3 aromatic rings. The van der Waals surface area contributed by atoms with Crippen LogP contribution in [-0.2, 0) is 11.3 Å². The molecule has 6 nitrogen and oxygen atoms in total. The van der Waals surface area contributed by atoms with Crippen LogP contribution in [0.3, 0.4) is 0 Å². The topological polar surface area (TPSA) is 73.0 Å². The fourth-order valence-corrected chi connectivity index (χ4v) is 3.71. The Morgan fingerprint density at radius 3 is 2.45 bits per heavy atom. The van der Waals surface area contributed by atoms with E-state index in [9.17, 15) is 9.59 Å². The minimum atomic E-state index is -0.413. The van der Waals surface area contributed by atoms with E-state index in [1.807, 2.05) is 40.0 Å². The van der Waals surface area contributed by atoms with Crippen LogP contribution in [-0.4, -0.2) is 26.6 Å². The molecule has 3 rings (SSSR count). The summed E-state index contributed by atoms with van der Waals surface area (Å²) in [6.45, 7) is 6.84. The molecular weight excluding hydrogens is 368 g/mol. The molecule has 0 bridgehead atoms. The van der Waals surface area contributed by atoms with Crippen molar-refractivity contribution in [1.29, 1.82) is 0 Å². The molecule has 0 fully saturated rings. The molecule has 0 aliphatic rings. The van der Waals surface area contributed by atoms with Crippen LogP contribution in [0.15, 0.2) is 45.6 Å². The van der Waals surface area contributed by atoms with Crippen molar-refractivity contribution in [2.24, 2.45) is 0 Å². The predicted molar refractivity (Wildman–Crippen MR) is 114 cm³/mol. The number of anilines is 1. The molecule has 1 amide bonds. The van der Waals surface area contributed by atoms with Gasteiger partial charge in [0.15, 0.2) is 6.54 Å². The highest BCUT2D eigenvalue weighted by Gasteiger charge is 2.16. The maximum Gasteiger partial charge on any atom is 0.336 e. The molecule has 1 heterocycles. The largest absolute Gasteiger partial charge is 0.497 e. The van der Waals surface area contributed by atoms with Crippen molar-refractivity contribution >= 4 is 22.6 Å². The van der Waals surface area contributed by atoms with E-state index < -0.39 is 5.63 Å². The predicted octanol–water partition coefficient (Wildman–Crippen LogP) is 2.38. The third-order valence-corrected chi connectivity index (χ3v) is 4.93. The van der Waals surface area contributed by atoms with Crippen LogP contribution in [0.4, 0.5) is 5.69 Å². The van der Waals surface area contributed by atoms with E-state index in [1.165, 1.54) is 11.6 Å². The van der Waals surface area contributed by atoms with E-state index in [0.717, 1.165) is 32.7 Å². The minimum absolute atomic E-state index is 0.0634. The van der Waals surface area contributed by atoms with Gasteiger partial charge in [-0.3, -0.25) is 4.79 Å². The number of amides is 1. The molecule has 0 spiro atoms. The summed E-state index contributed by atoms with van der Waals surface area (Å²) in [6.07, 6.45) is 0.